The summed E-state index contributed by atoms with van der Waals surface area (Å²) in [7, 11) is 1.45. The Labute approximate surface area is 161 Å². The average molecular weight is 395 g/mol. The Kier molecular flexibility index (Phi) is 6.47. The summed E-state index contributed by atoms with van der Waals surface area (Å²) in [6.45, 7) is 2.05. The number of ether oxygens (including phenoxy) is 1. The predicted octanol–water partition coefficient (Wildman–Crippen LogP) is 4.20. The number of benzene rings is 2. The second kappa shape index (κ2) is 8.40. The number of nitrogens with zero attached hydrogens (tertiary/aromatic N) is 3. The smallest absolute Gasteiger partial charge is 0.320 e. The lowest BCUT2D eigenvalue weighted by molar-refractivity contribution is 0.379. The first-order chi connectivity index (χ1) is 12.0. The zero-order chi connectivity index (χ0) is 18.0. The van der Waals surface area contributed by atoms with E-state index in [9.17, 15) is 4.39 Å². The normalized spacial score (nSPS) is 10.3. The van der Waals surface area contributed by atoms with Crippen LogP contribution in [0.3, 0.4) is 0 Å². The van der Waals surface area contributed by atoms with Crippen molar-refractivity contribution < 1.29 is 9.13 Å². The van der Waals surface area contributed by atoms with Crippen LogP contribution in [0.5, 0.6) is 6.01 Å². The molecule has 0 amide bonds. The number of aromatic nitrogens is 3. The van der Waals surface area contributed by atoms with Gasteiger partial charge in [-0.25, -0.2) is 9.37 Å². The summed E-state index contributed by atoms with van der Waals surface area (Å²) in [6.07, 6.45) is 0. The van der Waals surface area contributed by atoms with Gasteiger partial charge in [-0.3, -0.25) is 0 Å². The molecule has 1 aromatic heterocycles. The highest BCUT2D eigenvalue weighted by atomic mass is 35.5. The molecule has 0 saturated heterocycles. The second-order valence-electron chi connectivity index (χ2n) is 5.45. The maximum atomic E-state index is 13.9. The Morgan fingerprint density at radius 1 is 1.08 bits per heavy atom. The van der Waals surface area contributed by atoms with Crippen LogP contribution < -0.4 is 10.5 Å². The van der Waals surface area contributed by atoms with E-state index >= 15 is 0 Å². The fourth-order valence-electron chi connectivity index (χ4n) is 2.30. The minimum Gasteiger partial charge on any atom is -0.467 e. The van der Waals surface area contributed by atoms with E-state index in [0.29, 0.717) is 39.9 Å². The van der Waals surface area contributed by atoms with Gasteiger partial charge in [0.05, 0.1) is 12.1 Å². The molecule has 8 heteroatoms. The first kappa shape index (κ1) is 20.0. The molecule has 0 radical (unpaired) electrons. The highest BCUT2D eigenvalue weighted by Gasteiger charge is 2.14. The van der Waals surface area contributed by atoms with Crippen LogP contribution >= 0.6 is 24.0 Å². The van der Waals surface area contributed by atoms with Crippen LogP contribution in [0.25, 0.3) is 22.8 Å². The van der Waals surface area contributed by atoms with E-state index in [4.69, 9.17) is 22.1 Å². The van der Waals surface area contributed by atoms with Gasteiger partial charge in [0.2, 0.25) is 0 Å². The summed E-state index contributed by atoms with van der Waals surface area (Å²) >= 11 is 6.29. The van der Waals surface area contributed by atoms with Crippen molar-refractivity contribution in [3.63, 3.8) is 0 Å². The van der Waals surface area contributed by atoms with Gasteiger partial charge in [0.1, 0.15) is 5.82 Å². The Balaban J connectivity index is 0.00000243. The quantitative estimate of drug-likeness (QED) is 0.717. The standard InChI is InChI=1S/C18H16ClFN4O.ClH/c1-10-3-5-12(8-15(10)20)16-22-17(24-18(23-16)25-2)13-7-11(9-21)4-6-14(13)19;/h3-8H,9,21H2,1-2H3;1H. The molecule has 136 valence electrons. The van der Waals surface area contributed by atoms with E-state index in [1.165, 1.54) is 13.2 Å². The van der Waals surface area contributed by atoms with Gasteiger partial charge >= 0.3 is 6.01 Å². The van der Waals surface area contributed by atoms with Crippen LogP contribution in [-0.2, 0) is 6.54 Å². The minimum atomic E-state index is -0.332. The zero-order valence-electron chi connectivity index (χ0n) is 14.2. The number of hydrogen-bond donors (Lipinski definition) is 1. The van der Waals surface area contributed by atoms with Gasteiger partial charge in [-0.2, -0.15) is 9.97 Å². The van der Waals surface area contributed by atoms with E-state index in [1.54, 1.807) is 25.1 Å². The van der Waals surface area contributed by atoms with Crippen LogP contribution in [0.4, 0.5) is 4.39 Å². The summed E-state index contributed by atoms with van der Waals surface area (Å²) in [5.74, 6) is 0.305. The van der Waals surface area contributed by atoms with Gasteiger partial charge < -0.3 is 10.5 Å². The monoisotopic (exact) mass is 394 g/mol. The van der Waals surface area contributed by atoms with Crippen LogP contribution in [-0.4, -0.2) is 22.1 Å². The van der Waals surface area contributed by atoms with Crippen molar-refractivity contribution in [1.29, 1.82) is 0 Å². The molecule has 1 heterocycles. The van der Waals surface area contributed by atoms with Crippen LogP contribution in [0.15, 0.2) is 36.4 Å². The second-order valence-corrected chi connectivity index (χ2v) is 5.86. The van der Waals surface area contributed by atoms with Crippen LogP contribution in [0.2, 0.25) is 5.02 Å². The molecule has 0 aliphatic carbocycles. The number of nitrogens with two attached hydrogens (primary N) is 1. The molecule has 0 unspecified atom stereocenters. The van der Waals surface area contributed by atoms with E-state index in [-0.39, 0.29) is 24.2 Å². The van der Waals surface area contributed by atoms with Crippen molar-refractivity contribution in [1.82, 2.24) is 15.0 Å². The lowest BCUT2D eigenvalue weighted by Gasteiger charge is -2.09. The molecule has 2 aromatic carbocycles. The molecule has 0 saturated carbocycles. The number of halogens is 3. The highest BCUT2D eigenvalue weighted by Crippen LogP contribution is 2.29. The SMILES string of the molecule is COc1nc(-c2ccc(C)c(F)c2)nc(-c2cc(CN)ccc2Cl)n1.Cl. The van der Waals surface area contributed by atoms with Crippen LogP contribution in [0, 0.1) is 12.7 Å². The summed E-state index contributed by atoms with van der Waals surface area (Å²) in [5, 5.41) is 0.478. The molecule has 5 nitrogen and oxygen atoms in total. The summed E-state index contributed by atoms with van der Waals surface area (Å²) < 4.78 is 19.1. The van der Waals surface area contributed by atoms with E-state index in [1.807, 2.05) is 12.1 Å². The maximum Gasteiger partial charge on any atom is 0.320 e. The summed E-state index contributed by atoms with van der Waals surface area (Å²) in [4.78, 5) is 12.9. The largest absolute Gasteiger partial charge is 0.467 e. The number of aryl methyl sites for hydroxylation is 1. The van der Waals surface area contributed by atoms with E-state index in [2.05, 4.69) is 15.0 Å². The third-order valence-corrected chi connectivity index (χ3v) is 4.06. The van der Waals surface area contributed by atoms with Gasteiger partial charge in [-0.15, -0.1) is 12.4 Å². The Morgan fingerprint density at radius 2 is 1.81 bits per heavy atom. The van der Waals surface area contributed by atoms with Crippen molar-refractivity contribution in [2.75, 3.05) is 7.11 Å². The van der Waals surface area contributed by atoms with Gasteiger partial charge in [0.15, 0.2) is 11.6 Å². The van der Waals surface area contributed by atoms with Crippen molar-refractivity contribution >= 4 is 24.0 Å². The fourth-order valence-corrected chi connectivity index (χ4v) is 2.50. The highest BCUT2D eigenvalue weighted by molar-refractivity contribution is 6.33. The van der Waals surface area contributed by atoms with Crippen LogP contribution in [0.1, 0.15) is 11.1 Å². The third kappa shape index (κ3) is 4.09. The first-order valence-corrected chi connectivity index (χ1v) is 7.95. The molecular weight excluding hydrogens is 378 g/mol. The van der Waals surface area contributed by atoms with Crippen molar-refractivity contribution in [2.24, 2.45) is 5.73 Å². The molecule has 0 bridgehead atoms. The lowest BCUT2D eigenvalue weighted by Crippen LogP contribution is -2.02. The fraction of sp³-hybridized carbons (Fsp3) is 0.167. The molecule has 3 aromatic rings. The van der Waals surface area contributed by atoms with Gasteiger partial charge in [-0.05, 0) is 36.2 Å². The Bertz CT molecular complexity index is 937. The Morgan fingerprint density at radius 3 is 2.46 bits per heavy atom. The molecule has 2 N–H and O–H groups in total. The summed E-state index contributed by atoms with van der Waals surface area (Å²) in [5.41, 5.74) is 8.26. The van der Waals surface area contributed by atoms with Gasteiger partial charge in [0, 0.05) is 17.7 Å². The molecule has 3 rings (SSSR count). The molecule has 26 heavy (non-hydrogen) atoms. The molecule has 0 spiro atoms. The zero-order valence-corrected chi connectivity index (χ0v) is 15.7. The summed E-state index contributed by atoms with van der Waals surface area (Å²) in [6, 6.07) is 10.3. The third-order valence-electron chi connectivity index (χ3n) is 3.73. The van der Waals surface area contributed by atoms with Crippen molar-refractivity contribution in [2.45, 2.75) is 13.5 Å². The topological polar surface area (TPSA) is 73.9 Å². The number of hydrogen-bond acceptors (Lipinski definition) is 5. The molecular formula is C18H17Cl2FN4O. The molecule has 0 atom stereocenters. The van der Waals surface area contributed by atoms with Crippen molar-refractivity contribution in [3.8, 4) is 28.8 Å². The molecule has 0 aliphatic heterocycles. The molecule has 0 aliphatic rings. The predicted molar refractivity (Wildman–Crippen MR) is 102 cm³/mol. The van der Waals surface area contributed by atoms with Gasteiger partial charge in [-0.1, -0.05) is 29.8 Å². The number of methoxy groups -OCH3 is 1. The maximum absolute atomic E-state index is 13.9. The van der Waals surface area contributed by atoms with Crippen molar-refractivity contribution in [3.05, 3.63) is 58.4 Å². The first-order valence-electron chi connectivity index (χ1n) is 7.57. The van der Waals surface area contributed by atoms with E-state index < -0.39 is 0 Å². The number of rotatable bonds is 4. The Hall–Kier alpha value is -2.28. The van der Waals surface area contributed by atoms with Gasteiger partial charge in [0.25, 0.3) is 0 Å². The average Bonchev–Trinajstić information content (AvgIpc) is 2.64. The van der Waals surface area contributed by atoms with E-state index in [0.717, 1.165) is 5.56 Å². The molecule has 0 fully saturated rings. The lowest BCUT2D eigenvalue weighted by atomic mass is 10.1. The minimum absolute atomic E-state index is 0.